The number of benzene rings is 1. The predicted molar refractivity (Wildman–Crippen MR) is 79.0 cm³/mol. The lowest BCUT2D eigenvalue weighted by molar-refractivity contribution is 1.39. The third kappa shape index (κ3) is 5.78. The van der Waals surface area contributed by atoms with Crippen LogP contribution in [0, 0.1) is 30.6 Å². The normalized spacial score (nSPS) is 9.67. The van der Waals surface area contributed by atoms with Crippen LogP contribution in [-0.4, -0.2) is 0 Å². The Balaban J connectivity index is 2.70. The predicted octanol–water partition coefficient (Wildman–Crippen LogP) is 4.26. The quantitative estimate of drug-likeness (QED) is 0.503. The van der Waals surface area contributed by atoms with Crippen molar-refractivity contribution in [2.45, 2.75) is 27.7 Å². The Labute approximate surface area is 110 Å². The fraction of sp³-hybridized carbons (Fsp3) is 0.222. The molecule has 0 bridgehead atoms. The molecule has 0 fully saturated rings. The number of aryl methyl sites for hydroxylation is 1. The maximum atomic E-state index is 3.03. The molecule has 0 nitrogen and oxygen atoms in total. The van der Waals surface area contributed by atoms with Gasteiger partial charge < -0.3 is 0 Å². The summed E-state index contributed by atoms with van der Waals surface area (Å²) in [6.07, 6.45) is 4.06. The smallest absolute Gasteiger partial charge is 0.0255 e. The topological polar surface area (TPSA) is 0 Å². The average molecular weight is 234 g/mol. The molecule has 0 aromatic heterocycles. The molecule has 0 aliphatic heterocycles. The second-order valence-corrected chi connectivity index (χ2v) is 4.46. The first kappa shape index (κ1) is 13.9. The molecule has 1 aromatic rings. The molecule has 0 N–H and O–H groups in total. The Morgan fingerprint density at radius 2 is 1.61 bits per heavy atom. The molecule has 0 heterocycles. The molecule has 1 aromatic carbocycles. The van der Waals surface area contributed by atoms with Crippen LogP contribution in [0.5, 0.6) is 0 Å². The number of allylic oxidation sites excluding steroid dienone is 4. The molecule has 0 atom stereocenters. The van der Waals surface area contributed by atoms with Gasteiger partial charge in [-0.25, -0.2) is 0 Å². The molecule has 0 saturated heterocycles. The largest absolute Gasteiger partial charge is 0.0764 e. The Kier molecular flexibility index (Phi) is 5.56. The van der Waals surface area contributed by atoms with Crippen LogP contribution in [0.25, 0.3) is 0 Å². The molecular weight excluding hydrogens is 216 g/mol. The van der Waals surface area contributed by atoms with Crippen molar-refractivity contribution in [2.24, 2.45) is 0 Å². The molecule has 0 heteroatoms. The van der Waals surface area contributed by atoms with Gasteiger partial charge in [-0.2, -0.15) is 0 Å². The maximum absolute atomic E-state index is 3.03. The van der Waals surface area contributed by atoms with Gasteiger partial charge in [0.1, 0.15) is 0 Å². The zero-order chi connectivity index (χ0) is 13.4. The van der Waals surface area contributed by atoms with Gasteiger partial charge in [0.2, 0.25) is 0 Å². The van der Waals surface area contributed by atoms with Crippen LogP contribution >= 0.6 is 0 Å². The van der Waals surface area contributed by atoms with E-state index >= 15 is 0 Å². The molecule has 0 saturated carbocycles. The van der Waals surface area contributed by atoms with Crippen LogP contribution < -0.4 is 0 Å². The van der Waals surface area contributed by atoms with Crippen molar-refractivity contribution in [3.05, 3.63) is 58.7 Å². The van der Waals surface area contributed by atoms with Gasteiger partial charge in [0.25, 0.3) is 0 Å². The summed E-state index contributed by atoms with van der Waals surface area (Å²) in [5.74, 6) is 11.8. The van der Waals surface area contributed by atoms with Crippen molar-refractivity contribution in [3.8, 4) is 23.7 Å². The van der Waals surface area contributed by atoms with E-state index < -0.39 is 0 Å². The van der Waals surface area contributed by atoms with E-state index in [1.807, 2.05) is 25.1 Å². The molecule has 0 aliphatic rings. The summed E-state index contributed by atoms with van der Waals surface area (Å²) in [4.78, 5) is 0. The molecule has 90 valence electrons. The van der Waals surface area contributed by atoms with Gasteiger partial charge in [-0.3, -0.25) is 0 Å². The van der Waals surface area contributed by atoms with E-state index in [2.05, 4.69) is 62.7 Å². The van der Waals surface area contributed by atoms with E-state index in [0.29, 0.717) is 0 Å². The minimum atomic E-state index is 1.00. The first-order valence-corrected chi connectivity index (χ1v) is 5.98. The van der Waals surface area contributed by atoms with Crippen molar-refractivity contribution >= 4 is 0 Å². The fourth-order valence-electron chi connectivity index (χ4n) is 1.20. The summed E-state index contributed by atoms with van der Waals surface area (Å²) in [6, 6.07) is 8.13. The molecule has 0 radical (unpaired) electrons. The van der Waals surface area contributed by atoms with Gasteiger partial charge in [-0.1, -0.05) is 47.3 Å². The first-order valence-electron chi connectivity index (χ1n) is 5.98. The van der Waals surface area contributed by atoms with E-state index in [-0.39, 0.29) is 0 Å². The van der Waals surface area contributed by atoms with Crippen molar-refractivity contribution in [1.82, 2.24) is 0 Å². The Morgan fingerprint density at radius 1 is 0.944 bits per heavy atom. The summed E-state index contributed by atoms with van der Waals surface area (Å²) < 4.78 is 0. The highest BCUT2D eigenvalue weighted by atomic mass is 13.9. The lowest BCUT2D eigenvalue weighted by Gasteiger charge is -1.90. The van der Waals surface area contributed by atoms with E-state index in [1.165, 1.54) is 11.1 Å². The monoisotopic (exact) mass is 234 g/mol. The minimum absolute atomic E-state index is 1.00. The van der Waals surface area contributed by atoms with Gasteiger partial charge in [0.15, 0.2) is 0 Å². The van der Waals surface area contributed by atoms with Crippen LogP contribution in [0.3, 0.4) is 0 Å². The van der Waals surface area contributed by atoms with Gasteiger partial charge in [0.05, 0.1) is 0 Å². The molecular formula is C18H18. The van der Waals surface area contributed by atoms with Crippen molar-refractivity contribution in [2.75, 3.05) is 0 Å². The lowest BCUT2D eigenvalue weighted by atomic mass is 10.1. The lowest BCUT2D eigenvalue weighted by Crippen LogP contribution is -1.74. The second kappa shape index (κ2) is 7.21. The van der Waals surface area contributed by atoms with Crippen molar-refractivity contribution in [3.63, 3.8) is 0 Å². The Hall–Kier alpha value is -2.18. The standard InChI is InChI=1S/C18H18/c1-15(2)9-10-16(3)7-5-6-8-18-13-11-17(4)12-14-18/h9-14H,1-4H3. The van der Waals surface area contributed by atoms with E-state index in [4.69, 9.17) is 0 Å². The molecule has 0 unspecified atom stereocenters. The Morgan fingerprint density at radius 3 is 2.22 bits per heavy atom. The van der Waals surface area contributed by atoms with Crippen LogP contribution in [0.2, 0.25) is 0 Å². The zero-order valence-electron chi connectivity index (χ0n) is 11.5. The van der Waals surface area contributed by atoms with Gasteiger partial charge in [-0.15, -0.1) is 0 Å². The number of hydrogen-bond donors (Lipinski definition) is 0. The molecule has 1 rings (SSSR count). The van der Waals surface area contributed by atoms with Crippen LogP contribution in [-0.2, 0) is 0 Å². The summed E-state index contributed by atoms with van der Waals surface area (Å²) in [5.41, 5.74) is 4.53. The van der Waals surface area contributed by atoms with Crippen LogP contribution in [0.4, 0.5) is 0 Å². The first-order chi connectivity index (χ1) is 8.58. The summed E-state index contributed by atoms with van der Waals surface area (Å²) >= 11 is 0. The summed E-state index contributed by atoms with van der Waals surface area (Å²) in [7, 11) is 0. The van der Waals surface area contributed by atoms with Crippen molar-refractivity contribution in [1.29, 1.82) is 0 Å². The number of hydrogen-bond acceptors (Lipinski definition) is 0. The van der Waals surface area contributed by atoms with Gasteiger partial charge >= 0.3 is 0 Å². The highest BCUT2D eigenvalue weighted by Gasteiger charge is 1.84. The highest BCUT2D eigenvalue weighted by molar-refractivity contribution is 5.43. The SMILES string of the molecule is CC(C)=CC=C(C)C#CC#Cc1ccc(C)cc1. The van der Waals surface area contributed by atoms with Crippen LogP contribution in [0.1, 0.15) is 31.9 Å². The number of rotatable bonds is 1. The third-order valence-electron chi connectivity index (χ3n) is 2.25. The van der Waals surface area contributed by atoms with Gasteiger partial charge in [-0.05, 0) is 57.2 Å². The maximum Gasteiger partial charge on any atom is 0.0255 e. The fourth-order valence-corrected chi connectivity index (χ4v) is 1.20. The van der Waals surface area contributed by atoms with E-state index in [9.17, 15) is 0 Å². The highest BCUT2D eigenvalue weighted by Crippen LogP contribution is 2.00. The van der Waals surface area contributed by atoms with Crippen LogP contribution in [0.15, 0.2) is 47.6 Å². The van der Waals surface area contributed by atoms with Crippen molar-refractivity contribution < 1.29 is 0 Å². The zero-order valence-corrected chi connectivity index (χ0v) is 11.5. The average Bonchev–Trinajstić information content (AvgIpc) is 2.34. The summed E-state index contributed by atoms with van der Waals surface area (Å²) in [5, 5.41) is 0. The molecule has 0 spiro atoms. The minimum Gasteiger partial charge on any atom is -0.0764 e. The van der Waals surface area contributed by atoms with E-state index in [0.717, 1.165) is 11.1 Å². The van der Waals surface area contributed by atoms with Gasteiger partial charge in [0, 0.05) is 5.56 Å². The molecule has 0 amide bonds. The molecule has 0 aliphatic carbocycles. The van der Waals surface area contributed by atoms with E-state index in [1.54, 1.807) is 0 Å². The molecule has 18 heavy (non-hydrogen) atoms. The second-order valence-electron chi connectivity index (χ2n) is 4.46. The summed E-state index contributed by atoms with van der Waals surface area (Å²) in [6.45, 7) is 8.18. The third-order valence-corrected chi connectivity index (χ3v) is 2.25. The Bertz CT molecular complexity index is 569.